The van der Waals surface area contributed by atoms with E-state index in [-0.39, 0.29) is 0 Å². The molecular formula is C12H20O2S2. The molecule has 3 aliphatic rings. The van der Waals surface area contributed by atoms with Gasteiger partial charge in [-0.2, -0.15) is 23.5 Å². The predicted octanol–water partition coefficient (Wildman–Crippen LogP) is 2.56. The normalized spacial score (nSPS) is 42.0. The Morgan fingerprint density at radius 2 is 1.38 bits per heavy atom. The number of hydrogen-bond acceptors (Lipinski definition) is 4. The standard InChI is InChI=1S/C12H20O2S2/c1-2-11(15-7-9-5-13-9)4-12(3-1)16-8-10-6-14-10/h9-12H,1-8H2. The van der Waals surface area contributed by atoms with E-state index in [0.717, 1.165) is 23.7 Å². The van der Waals surface area contributed by atoms with Crippen LogP contribution in [0.4, 0.5) is 0 Å². The smallest absolute Gasteiger partial charge is 0.0900 e. The summed E-state index contributed by atoms with van der Waals surface area (Å²) in [5.41, 5.74) is 0. The first-order chi connectivity index (χ1) is 7.90. The molecule has 1 saturated carbocycles. The molecule has 92 valence electrons. The second kappa shape index (κ2) is 5.51. The summed E-state index contributed by atoms with van der Waals surface area (Å²) in [5, 5.41) is 1.80. The van der Waals surface area contributed by atoms with Gasteiger partial charge in [-0.25, -0.2) is 0 Å². The van der Waals surface area contributed by atoms with Crippen LogP contribution in [-0.2, 0) is 9.47 Å². The van der Waals surface area contributed by atoms with Crippen LogP contribution < -0.4 is 0 Å². The molecule has 0 amide bonds. The van der Waals surface area contributed by atoms with Crippen molar-refractivity contribution in [3.8, 4) is 0 Å². The van der Waals surface area contributed by atoms with Crippen molar-refractivity contribution in [3.05, 3.63) is 0 Å². The van der Waals surface area contributed by atoms with Gasteiger partial charge in [0.15, 0.2) is 0 Å². The number of epoxide rings is 2. The molecule has 0 radical (unpaired) electrons. The molecule has 0 bridgehead atoms. The van der Waals surface area contributed by atoms with Crippen molar-refractivity contribution >= 4 is 23.5 Å². The molecule has 3 fully saturated rings. The molecule has 4 atom stereocenters. The van der Waals surface area contributed by atoms with Gasteiger partial charge in [-0.05, 0) is 19.3 Å². The van der Waals surface area contributed by atoms with Crippen LogP contribution in [0.2, 0.25) is 0 Å². The summed E-state index contributed by atoms with van der Waals surface area (Å²) in [7, 11) is 0. The van der Waals surface area contributed by atoms with Crippen LogP contribution in [0, 0.1) is 0 Å². The van der Waals surface area contributed by atoms with Crippen LogP contribution in [0.25, 0.3) is 0 Å². The number of hydrogen-bond donors (Lipinski definition) is 0. The highest BCUT2D eigenvalue weighted by Gasteiger charge is 2.29. The zero-order valence-electron chi connectivity index (χ0n) is 9.60. The Morgan fingerprint density at radius 3 is 1.81 bits per heavy atom. The van der Waals surface area contributed by atoms with Crippen molar-refractivity contribution in [2.75, 3.05) is 24.7 Å². The van der Waals surface area contributed by atoms with Crippen LogP contribution >= 0.6 is 23.5 Å². The Labute approximate surface area is 106 Å². The minimum atomic E-state index is 0.595. The number of rotatable bonds is 6. The maximum Gasteiger partial charge on any atom is 0.0900 e. The summed E-state index contributed by atoms with van der Waals surface area (Å²) in [6, 6.07) is 0. The minimum Gasteiger partial charge on any atom is -0.372 e. The van der Waals surface area contributed by atoms with Gasteiger partial charge in [-0.1, -0.05) is 6.42 Å². The molecular weight excluding hydrogens is 240 g/mol. The van der Waals surface area contributed by atoms with Crippen molar-refractivity contribution in [2.24, 2.45) is 0 Å². The van der Waals surface area contributed by atoms with Crippen LogP contribution in [0.1, 0.15) is 25.7 Å². The second-order valence-corrected chi connectivity index (χ2v) is 7.65. The van der Waals surface area contributed by atoms with E-state index in [1.807, 2.05) is 0 Å². The van der Waals surface area contributed by atoms with Gasteiger partial charge in [0.2, 0.25) is 0 Å². The zero-order valence-corrected chi connectivity index (χ0v) is 11.2. The zero-order chi connectivity index (χ0) is 10.8. The quantitative estimate of drug-likeness (QED) is 0.685. The highest BCUT2D eigenvalue weighted by Crippen LogP contribution is 2.36. The lowest BCUT2D eigenvalue weighted by Crippen LogP contribution is -2.21. The maximum atomic E-state index is 5.27. The molecule has 2 saturated heterocycles. The average molecular weight is 260 g/mol. The van der Waals surface area contributed by atoms with E-state index in [9.17, 15) is 0 Å². The third kappa shape index (κ3) is 3.83. The number of ether oxygens (including phenoxy) is 2. The van der Waals surface area contributed by atoms with E-state index in [1.54, 1.807) is 0 Å². The fourth-order valence-electron chi connectivity index (χ4n) is 2.22. The van der Waals surface area contributed by atoms with Crippen LogP contribution in [0.3, 0.4) is 0 Å². The molecule has 3 rings (SSSR count). The van der Waals surface area contributed by atoms with Crippen LogP contribution in [-0.4, -0.2) is 47.4 Å². The molecule has 0 aromatic rings. The lowest BCUT2D eigenvalue weighted by molar-refractivity contribution is 0.425. The fraction of sp³-hybridized carbons (Fsp3) is 1.00. The highest BCUT2D eigenvalue weighted by molar-refractivity contribution is 8.00. The van der Waals surface area contributed by atoms with Gasteiger partial charge < -0.3 is 9.47 Å². The lowest BCUT2D eigenvalue weighted by Gasteiger charge is -2.28. The molecule has 2 nitrogen and oxygen atoms in total. The van der Waals surface area contributed by atoms with E-state index in [0.29, 0.717) is 12.2 Å². The van der Waals surface area contributed by atoms with Gasteiger partial charge in [0.25, 0.3) is 0 Å². The number of thioether (sulfide) groups is 2. The molecule has 4 unspecified atom stereocenters. The summed E-state index contributed by atoms with van der Waals surface area (Å²) in [6.07, 6.45) is 6.87. The van der Waals surface area contributed by atoms with E-state index >= 15 is 0 Å². The summed E-state index contributed by atoms with van der Waals surface area (Å²) in [4.78, 5) is 0. The van der Waals surface area contributed by atoms with E-state index in [2.05, 4.69) is 23.5 Å². The van der Waals surface area contributed by atoms with E-state index in [1.165, 1.54) is 37.2 Å². The van der Waals surface area contributed by atoms with E-state index < -0.39 is 0 Å². The topological polar surface area (TPSA) is 25.1 Å². The Kier molecular flexibility index (Phi) is 4.03. The Balaban J connectivity index is 1.34. The molecule has 0 aromatic heterocycles. The molecule has 0 aromatic carbocycles. The third-order valence-electron chi connectivity index (χ3n) is 3.42. The largest absolute Gasteiger partial charge is 0.372 e. The van der Waals surface area contributed by atoms with Gasteiger partial charge in [0.1, 0.15) is 0 Å². The molecule has 1 aliphatic carbocycles. The van der Waals surface area contributed by atoms with Gasteiger partial charge >= 0.3 is 0 Å². The fourth-order valence-corrected chi connectivity index (χ4v) is 5.10. The SMILES string of the molecule is C1CC(SCC2CO2)CC(SCC2CO2)C1. The molecule has 0 spiro atoms. The van der Waals surface area contributed by atoms with Crippen molar-refractivity contribution in [3.63, 3.8) is 0 Å². The highest BCUT2D eigenvalue weighted by atomic mass is 32.2. The monoisotopic (exact) mass is 260 g/mol. The summed E-state index contributed by atoms with van der Waals surface area (Å²) in [6.45, 7) is 2.02. The first-order valence-electron chi connectivity index (χ1n) is 6.36. The van der Waals surface area contributed by atoms with Gasteiger partial charge in [0.05, 0.1) is 25.4 Å². The van der Waals surface area contributed by atoms with Gasteiger partial charge in [0, 0.05) is 22.0 Å². The van der Waals surface area contributed by atoms with Crippen molar-refractivity contribution in [1.29, 1.82) is 0 Å². The minimum absolute atomic E-state index is 0.595. The molecule has 2 aliphatic heterocycles. The predicted molar refractivity (Wildman–Crippen MR) is 70.4 cm³/mol. The van der Waals surface area contributed by atoms with Crippen LogP contribution in [0.5, 0.6) is 0 Å². The third-order valence-corrected chi connectivity index (χ3v) is 6.35. The maximum absolute atomic E-state index is 5.27. The van der Waals surface area contributed by atoms with Gasteiger partial charge in [-0.3, -0.25) is 0 Å². The van der Waals surface area contributed by atoms with Crippen molar-refractivity contribution < 1.29 is 9.47 Å². The van der Waals surface area contributed by atoms with Crippen LogP contribution in [0.15, 0.2) is 0 Å². The molecule has 2 heterocycles. The lowest BCUT2D eigenvalue weighted by atomic mass is 10.00. The summed E-state index contributed by atoms with van der Waals surface area (Å²) >= 11 is 4.30. The molecule has 16 heavy (non-hydrogen) atoms. The summed E-state index contributed by atoms with van der Waals surface area (Å²) in [5.74, 6) is 2.46. The first kappa shape index (κ1) is 11.7. The van der Waals surface area contributed by atoms with E-state index in [4.69, 9.17) is 9.47 Å². The molecule has 0 N–H and O–H groups in total. The average Bonchev–Trinajstić information content (AvgIpc) is 3.17. The second-order valence-electron chi connectivity index (χ2n) is 4.99. The Hall–Kier alpha value is 0.620. The Morgan fingerprint density at radius 1 is 0.875 bits per heavy atom. The Bertz CT molecular complexity index is 207. The molecule has 4 heteroatoms. The van der Waals surface area contributed by atoms with Gasteiger partial charge in [-0.15, -0.1) is 0 Å². The first-order valence-corrected chi connectivity index (χ1v) is 8.46. The van der Waals surface area contributed by atoms with Crippen molar-refractivity contribution in [1.82, 2.24) is 0 Å². The summed E-state index contributed by atoms with van der Waals surface area (Å²) < 4.78 is 10.5. The van der Waals surface area contributed by atoms with Crippen molar-refractivity contribution in [2.45, 2.75) is 48.4 Å².